The van der Waals surface area contributed by atoms with E-state index in [1.165, 1.54) is 6.08 Å². The molecule has 0 aliphatic heterocycles. The van der Waals surface area contributed by atoms with Crippen LogP contribution < -0.4 is 0 Å². The zero-order chi connectivity index (χ0) is 12.4. The first kappa shape index (κ1) is 12.3. The second-order valence-corrected chi connectivity index (χ2v) is 5.29. The predicted molar refractivity (Wildman–Crippen MR) is 64.3 cm³/mol. The van der Waals surface area contributed by atoms with E-state index < -0.39 is 5.97 Å². The van der Waals surface area contributed by atoms with Crippen LogP contribution in [0.3, 0.4) is 0 Å². The SMILES string of the molecule is C=CC(=O)OC1CC(=O)C2CC(CC)CC1C2. The standard InChI is InChI=1S/C14H20O3/c1-3-9-5-10-7-11(6-9)13(8-12(10)15)17-14(16)4-2/h4,9-11,13H,2-3,5-8H2,1H3. The van der Waals surface area contributed by atoms with Gasteiger partial charge in [-0.3, -0.25) is 4.79 Å². The van der Waals surface area contributed by atoms with Crippen molar-refractivity contribution in [3.8, 4) is 0 Å². The highest BCUT2D eigenvalue weighted by atomic mass is 16.5. The Morgan fingerprint density at radius 1 is 1.47 bits per heavy atom. The predicted octanol–water partition coefficient (Wildman–Crippen LogP) is 2.50. The Balaban J connectivity index is 2.06. The minimum absolute atomic E-state index is 0.210. The molecule has 0 saturated heterocycles. The highest BCUT2D eigenvalue weighted by Crippen LogP contribution is 2.43. The zero-order valence-electron chi connectivity index (χ0n) is 10.4. The summed E-state index contributed by atoms with van der Waals surface area (Å²) in [5.74, 6) is 1.09. The molecule has 94 valence electrons. The number of esters is 1. The van der Waals surface area contributed by atoms with Crippen LogP contribution in [-0.4, -0.2) is 17.9 Å². The Morgan fingerprint density at radius 2 is 2.24 bits per heavy atom. The first-order chi connectivity index (χ1) is 8.13. The molecule has 17 heavy (non-hydrogen) atoms. The minimum Gasteiger partial charge on any atom is -0.458 e. The van der Waals surface area contributed by atoms with Gasteiger partial charge in [0.25, 0.3) is 0 Å². The summed E-state index contributed by atoms with van der Waals surface area (Å²) in [5.41, 5.74) is 0. The van der Waals surface area contributed by atoms with E-state index in [4.69, 9.17) is 4.74 Å². The summed E-state index contributed by atoms with van der Waals surface area (Å²) in [6.07, 6.45) is 5.52. The van der Waals surface area contributed by atoms with Crippen molar-refractivity contribution in [2.75, 3.05) is 0 Å². The molecule has 0 amide bonds. The van der Waals surface area contributed by atoms with Crippen molar-refractivity contribution in [2.24, 2.45) is 17.8 Å². The van der Waals surface area contributed by atoms with Gasteiger partial charge in [0.05, 0.1) is 0 Å². The maximum absolute atomic E-state index is 11.9. The first-order valence-corrected chi connectivity index (χ1v) is 6.49. The van der Waals surface area contributed by atoms with Crippen LogP contribution in [0.1, 0.15) is 39.0 Å². The quantitative estimate of drug-likeness (QED) is 0.558. The van der Waals surface area contributed by atoms with Gasteiger partial charge in [0.1, 0.15) is 11.9 Å². The Morgan fingerprint density at radius 3 is 2.88 bits per heavy atom. The molecule has 2 fully saturated rings. The topological polar surface area (TPSA) is 43.4 Å². The largest absolute Gasteiger partial charge is 0.458 e. The van der Waals surface area contributed by atoms with Gasteiger partial charge in [-0.05, 0) is 31.1 Å². The molecule has 0 spiro atoms. The van der Waals surface area contributed by atoms with E-state index in [1.54, 1.807) is 0 Å². The van der Waals surface area contributed by atoms with Gasteiger partial charge in [-0.25, -0.2) is 4.79 Å². The Kier molecular flexibility index (Phi) is 3.65. The Hall–Kier alpha value is -1.12. The van der Waals surface area contributed by atoms with Crippen LogP contribution in [-0.2, 0) is 14.3 Å². The number of Topliss-reactive ketones (excluding diaryl/α,β-unsaturated/α-hetero) is 1. The van der Waals surface area contributed by atoms with Gasteiger partial charge < -0.3 is 4.74 Å². The molecule has 0 aromatic rings. The summed E-state index contributed by atoms with van der Waals surface area (Å²) in [6, 6.07) is 0. The molecule has 0 N–H and O–H groups in total. The lowest BCUT2D eigenvalue weighted by Gasteiger charge is -2.41. The molecule has 2 rings (SSSR count). The lowest BCUT2D eigenvalue weighted by Crippen LogP contribution is -2.43. The smallest absolute Gasteiger partial charge is 0.330 e. The molecule has 3 nitrogen and oxygen atoms in total. The molecule has 2 saturated carbocycles. The van der Waals surface area contributed by atoms with E-state index in [9.17, 15) is 9.59 Å². The second-order valence-electron chi connectivity index (χ2n) is 5.29. The summed E-state index contributed by atoms with van der Waals surface area (Å²) in [5, 5.41) is 0. The molecule has 0 aromatic carbocycles. The van der Waals surface area contributed by atoms with E-state index in [0.717, 1.165) is 25.7 Å². The summed E-state index contributed by atoms with van der Waals surface area (Å²) in [6.45, 7) is 5.56. The van der Waals surface area contributed by atoms with Gasteiger partial charge in [0.15, 0.2) is 0 Å². The first-order valence-electron chi connectivity index (χ1n) is 6.49. The third kappa shape index (κ3) is 2.59. The van der Waals surface area contributed by atoms with Gasteiger partial charge >= 0.3 is 5.97 Å². The summed E-state index contributed by atoms with van der Waals surface area (Å²) >= 11 is 0. The lowest BCUT2D eigenvalue weighted by atomic mass is 9.65. The normalized spacial score (nSPS) is 36.4. The van der Waals surface area contributed by atoms with E-state index in [-0.39, 0.29) is 17.8 Å². The maximum Gasteiger partial charge on any atom is 0.330 e. The van der Waals surface area contributed by atoms with E-state index >= 15 is 0 Å². The molecule has 0 radical (unpaired) electrons. The number of fused-ring (bicyclic) bond motifs is 2. The van der Waals surface area contributed by atoms with Crippen LogP contribution in [0, 0.1) is 17.8 Å². The number of carbonyl (C=O) groups is 2. The molecular weight excluding hydrogens is 216 g/mol. The third-order valence-corrected chi connectivity index (χ3v) is 4.24. The van der Waals surface area contributed by atoms with E-state index in [2.05, 4.69) is 13.5 Å². The van der Waals surface area contributed by atoms with Crippen molar-refractivity contribution in [1.82, 2.24) is 0 Å². The molecule has 2 aliphatic carbocycles. The molecule has 3 heteroatoms. The van der Waals surface area contributed by atoms with Crippen LogP contribution >= 0.6 is 0 Å². The van der Waals surface area contributed by atoms with Gasteiger partial charge in [-0.2, -0.15) is 0 Å². The van der Waals surface area contributed by atoms with Crippen LogP contribution in [0.2, 0.25) is 0 Å². The summed E-state index contributed by atoms with van der Waals surface area (Å²) in [7, 11) is 0. The average molecular weight is 236 g/mol. The van der Waals surface area contributed by atoms with Crippen molar-refractivity contribution >= 4 is 11.8 Å². The van der Waals surface area contributed by atoms with Crippen molar-refractivity contribution in [1.29, 1.82) is 0 Å². The van der Waals surface area contributed by atoms with E-state index in [1.807, 2.05) is 0 Å². The molecule has 2 bridgehead atoms. The summed E-state index contributed by atoms with van der Waals surface area (Å²) in [4.78, 5) is 23.2. The molecule has 0 aromatic heterocycles. The Labute approximate surface area is 102 Å². The number of rotatable bonds is 3. The fourth-order valence-corrected chi connectivity index (χ4v) is 3.25. The Bertz CT molecular complexity index is 334. The molecule has 2 aliphatic rings. The van der Waals surface area contributed by atoms with Gasteiger partial charge in [-0.15, -0.1) is 0 Å². The van der Waals surface area contributed by atoms with Crippen molar-refractivity contribution < 1.29 is 14.3 Å². The number of hydrogen-bond donors (Lipinski definition) is 0. The highest BCUT2D eigenvalue weighted by Gasteiger charge is 2.42. The van der Waals surface area contributed by atoms with Gasteiger partial charge in [0, 0.05) is 18.4 Å². The average Bonchev–Trinajstić information content (AvgIpc) is 2.35. The monoisotopic (exact) mass is 236 g/mol. The fourth-order valence-electron chi connectivity index (χ4n) is 3.25. The second kappa shape index (κ2) is 5.03. The minimum atomic E-state index is -0.403. The van der Waals surface area contributed by atoms with Crippen molar-refractivity contribution in [3.05, 3.63) is 12.7 Å². The van der Waals surface area contributed by atoms with Gasteiger partial charge in [-0.1, -0.05) is 19.9 Å². The molecule has 4 unspecified atom stereocenters. The van der Waals surface area contributed by atoms with Crippen molar-refractivity contribution in [3.63, 3.8) is 0 Å². The number of ether oxygens (including phenoxy) is 1. The number of hydrogen-bond acceptors (Lipinski definition) is 3. The summed E-state index contributed by atoms with van der Waals surface area (Å²) < 4.78 is 5.31. The highest BCUT2D eigenvalue weighted by molar-refractivity contribution is 5.84. The number of carbonyl (C=O) groups excluding carboxylic acids is 2. The maximum atomic E-state index is 11.9. The fraction of sp³-hybridized carbons (Fsp3) is 0.714. The van der Waals surface area contributed by atoms with E-state index in [0.29, 0.717) is 18.3 Å². The van der Waals surface area contributed by atoms with Crippen LogP contribution in [0.5, 0.6) is 0 Å². The molecule has 0 heterocycles. The van der Waals surface area contributed by atoms with Crippen LogP contribution in [0.4, 0.5) is 0 Å². The van der Waals surface area contributed by atoms with Gasteiger partial charge in [0.2, 0.25) is 0 Å². The zero-order valence-corrected chi connectivity index (χ0v) is 10.4. The van der Waals surface area contributed by atoms with Crippen LogP contribution in [0.25, 0.3) is 0 Å². The lowest BCUT2D eigenvalue weighted by molar-refractivity contribution is -0.154. The molecule has 4 atom stereocenters. The number of ketones is 1. The third-order valence-electron chi connectivity index (χ3n) is 4.24. The van der Waals surface area contributed by atoms with Crippen molar-refractivity contribution in [2.45, 2.75) is 45.1 Å². The van der Waals surface area contributed by atoms with Crippen LogP contribution in [0.15, 0.2) is 12.7 Å². The molecular formula is C14H20O3.